The summed E-state index contributed by atoms with van der Waals surface area (Å²) in [6.07, 6.45) is 83.2. The molecular formula is C120H222. The summed E-state index contributed by atoms with van der Waals surface area (Å²) in [6, 6.07) is 0. The molecule has 26 aliphatic carbocycles. The van der Waals surface area contributed by atoms with Crippen LogP contribution in [0.5, 0.6) is 0 Å². The van der Waals surface area contributed by atoms with Gasteiger partial charge in [0.1, 0.15) is 0 Å². The Kier molecular flexibility index (Phi) is 39.1. The van der Waals surface area contributed by atoms with Gasteiger partial charge >= 0.3 is 0 Å². The van der Waals surface area contributed by atoms with Crippen LogP contribution in [0.4, 0.5) is 0 Å². The lowest BCUT2D eigenvalue weighted by molar-refractivity contribution is -0.0319. The minimum absolute atomic E-state index is 0.571. The highest BCUT2D eigenvalue weighted by molar-refractivity contribution is 5.02. The van der Waals surface area contributed by atoms with Crippen LogP contribution in [0.2, 0.25) is 0 Å². The molecule has 0 spiro atoms. The van der Waals surface area contributed by atoms with Crippen molar-refractivity contribution in [2.75, 3.05) is 0 Å². The summed E-state index contributed by atoms with van der Waals surface area (Å²) in [5.74, 6) is 33.2. The first-order valence-electron chi connectivity index (χ1n) is 56.7. The van der Waals surface area contributed by atoms with Crippen molar-refractivity contribution in [3.63, 3.8) is 0 Å². The van der Waals surface area contributed by atoms with E-state index < -0.39 is 0 Å². The van der Waals surface area contributed by atoms with E-state index in [9.17, 15) is 0 Å². The smallest absolute Gasteiger partial charge is 0.0297 e. The molecule has 18 bridgehead atoms. The van der Waals surface area contributed by atoms with Crippen molar-refractivity contribution < 1.29 is 0 Å². The van der Waals surface area contributed by atoms with Gasteiger partial charge in [-0.15, -0.1) is 0 Å². The quantitative estimate of drug-likeness (QED) is 0.264. The van der Waals surface area contributed by atoms with Gasteiger partial charge in [0.05, 0.1) is 0 Å². The lowest BCUT2D eigenvalue weighted by Gasteiger charge is -2.53. The molecule has 0 saturated heterocycles. The van der Waals surface area contributed by atoms with E-state index in [0.717, 1.165) is 194 Å². The first-order chi connectivity index (χ1) is 56.7. The molecule has 0 heteroatoms. The van der Waals surface area contributed by atoms with Crippen LogP contribution in [-0.4, -0.2) is 0 Å². The molecular weight excluding hydrogens is 1440 g/mol. The second-order valence-electron chi connectivity index (χ2n) is 54.3. The molecule has 0 nitrogen and oxygen atoms in total. The Morgan fingerprint density at radius 1 is 0.225 bits per heavy atom. The summed E-state index contributed by atoms with van der Waals surface area (Å²) in [4.78, 5) is 0. The van der Waals surface area contributed by atoms with Crippen LogP contribution in [0.1, 0.15) is 540 Å². The largest absolute Gasteiger partial charge is 0.0651 e. The summed E-state index contributed by atoms with van der Waals surface area (Å²) in [5.41, 5.74) is 4.62. The SMILES string of the molecule is CC1C(C)(C)CCCC1(C)C.CC1C2CCC(C2)[C@H]1C.CC1C2CCC(CC2)[C@H]1C.CCC1CC2CCC1C2.CCC1CCCC1.CCC1CCCCC1.C[C@@H]1C2CCC(C2)C1(C)C.C[C@@H]1C2CCC(CC2)C1(C)C.C[C@@H]1CCCCC1(C)C.C[C@H]1CC2CCC1(C)C2.C[C@H]1CC2CCC1(C)CC2.C[C@H]1CC2CCC1C2.C[C@H]1CC2CCC1CC2. The van der Waals surface area contributed by atoms with Gasteiger partial charge < -0.3 is 0 Å². The Morgan fingerprint density at radius 2 is 0.608 bits per heavy atom. The lowest BCUT2D eigenvalue weighted by Crippen LogP contribution is -2.44. The van der Waals surface area contributed by atoms with Crippen molar-refractivity contribution in [2.24, 2.45) is 221 Å². The van der Waals surface area contributed by atoms with E-state index in [4.69, 9.17) is 0 Å². The van der Waals surface area contributed by atoms with Crippen LogP contribution in [0, 0.1) is 221 Å². The van der Waals surface area contributed by atoms with Gasteiger partial charge in [-0.1, -0.05) is 315 Å². The summed E-state index contributed by atoms with van der Waals surface area (Å²) < 4.78 is 0. The Balaban J connectivity index is 0.000000137. The Hall–Kier alpha value is 0. The molecule has 26 rings (SSSR count). The van der Waals surface area contributed by atoms with Gasteiger partial charge in [-0.2, -0.15) is 0 Å². The van der Waals surface area contributed by atoms with Crippen LogP contribution in [-0.2, 0) is 0 Å². The Morgan fingerprint density at radius 3 is 0.867 bits per heavy atom. The van der Waals surface area contributed by atoms with Gasteiger partial charge in [-0.3, -0.25) is 0 Å². The molecule has 702 valence electrons. The van der Waals surface area contributed by atoms with Crippen molar-refractivity contribution in [1.82, 2.24) is 0 Å². The monoisotopic (exact) mass is 1660 g/mol. The predicted molar refractivity (Wildman–Crippen MR) is 532 cm³/mol. The molecule has 13 unspecified atom stereocenters. The van der Waals surface area contributed by atoms with Gasteiger partial charge in [0.25, 0.3) is 0 Å². The highest BCUT2D eigenvalue weighted by Gasteiger charge is 2.52. The van der Waals surface area contributed by atoms with Gasteiger partial charge in [0.15, 0.2) is 0 Å². The topological polar surface area (TPSA) is 0 Å². The number of rotatable bonds is 3. The Labute approximate surface area is 756 Å². The fraction of sp³-hybridized carbons (Fsp3) is 1.00. The molecule has 0 aromatic heterocycles. The molecule has 26 aliphatic rings. The molecule has 0 aliphatic heterocycles. The molecule has 0 N–H and O–H groups in total. The minimum atomic E-state index is 0.571. The highest BCUT2D eigenvalue weighted by Crippen LogP contribution is 2.62. The van der Waals surface area contributed by atoms with E-state index in [2.05, 4.69) is 187 Å². The molecule has 26 saturated carbocycles. The standard InChI is InChI=1S/C11H20.C11H22.3C10H18.4C9H16.C9H18.C8H14.C8H16.C7H14/c1-8-9-4-6-10(7-5-9)11(8,2)3;1-9-10(2,3)7-6-8-11(9,4)5;1-7-8-4-5-9(6-8)10(7,2)3;1-8-7-9-3-5-10(8,2)6-4-9;1-7-8(2)10-5-3-9(7)4-6-10;1-7-5-8-3-4-9(7,2)6-8;1-6-7(2)9-4-3-8(6)5-9;1-7-6-8-2-4-9(7)5-3-8;1-2-8-5-7-3-4-9(8)6-7;1-8-6-4-5-7-9(8,2)3;1-6-4-7-2-3-8(6)5-7;1-2-8-6-4-3-5-7-8;1-2-7-5-3-4-6-7/h8-10H,4-7H2,1-3H3;9H,6-8H2,1-5H3;7-9H,4-6H2,1-3H3;8-9H,3-7H2,1-2H3;7-10H,3-6H2,1-2H3;7-8H,3-6H2,1-2H3;6-9H,3-5H2,1-2H3;2*7-9H,2-6H2,1H3;8H,4-7H2,1-3H3;6-8H,2-5H2,1H3;8H,2-7H2,1H3;7H,2-6H2,1H3/t8-,9?,10?;;7-,8?,9?;8-,9?,10?;7-,8?,9?,10?;7-,8?,9?;6-,7?,8?,9?;7-,8?,9?;;8-;6-,7?,8?;;/m1.100000.10../s1. The maximum Gasteiger partial charge on any atom is -0.0297 e. The molecule has 0 amide bonds. The van der Waals surface area contributed by atoms with Crippen LogP contribution in [0.15, 0.2) is 0 Å². The summed E-state index contributed by atoms with van der Waals surface area (Å²) in [7, 11) is 0. The first-order valence-corrected chi connectivity index (χ1v) is 56.7. The number of fused-ring (bicyclic) bond motifs is 22. The van der Waals surface area contributed by atoms with E-state index in [1.165, 1.54) is 263 Å². The summed E-state index contributed by atoms with van der Waals surface area (Å²) in [5, 5.41) is 0. The first kappa shape index (κ1) is 102. The van der Waals surface area contributed by atoms with E-state index in [-0.39, 0.29) is 0 Å². The molecule has 0 heterocycles. The maximum absolute atomic E-state index is 2.49. The fourth-order valence-electron chi connectivity index (χ4n) is 33.4. The van der Waals surface area contributed by atoms with Crippen molar-refractivity contribution in [2.45, 2.75) is 540 Å². The van der Waals surface area contributed by atoms with Gasteiger partial charge in [0.2, 0.25) is 0 Å². The van der Waals surface area contributed by atoms with Crippen LogP contribution < -0.4 is 0 Å². The number of hydrogen-bond donors (Lipinski definition) is 0. The average molecular weight is 1670 g/mol. The second-order valence-corrected chi connectivity index (χ2v) is 54.3. The predicted octanol–water partition coefficient (Wildman–Crippen LogP) is 39.1. The second kappa shape index (κ2) is 45.9. The van der Waals surface area contributed by atoms with Crippen LogP contribution in [0.3, 0.4) is 0 Å². The van der Waals surface area contributed by atoms with Crippen molar-refractivity contribution >= 4 is 0 Å². The highest BCUT2D eigenvalue weighted by atomic mass is 14.6. The van der Waals surface area contributed by atoms with Crippen LogP contribution in [0.25, 0.3) is 0 Å². The lowest BCUT2D eigenvalue weighted by atomic mass is 9.52. The fourth-order valence-corrected chi connectivity index (χ4v) is 33.4. The zero-order valence-corrected chi connectivity index (χ0v) is 87.3. The number of hydrogen-bond acceptors (Lipinski definition) is 0. The summed E-state index contributed by atoms with van der Waals surface area (Å²) in [6.45, 7) is 65.5. The molecule has 22 atom stereocenters. The van der Waals surface area contributed by atoms with Crippen molar-refractivity contribution in [3.05, 3.63) is 0 Å². The minimum Gasteiger partial charge on any atom is -0.0651 e. The van der Waals surface area contributed by atoms with E-state index >= 15 is 0 Å². The average Bonchev–Trinajstić information content (AvgIpc) is 1.25. The van der Waals surface area contributed by atoms with Gasteiger partial charge in [0, 0.05) is 0 Å². The zero-order chi connectivity index (χ0) is 87.3. The zero-order valence-electron chi connectivity index (χ0n) is 87.3. The normalized spacial score (nSPS) is 45.1. The van der Waals surface area contributed by atoms with Gasteiger partial charge in [-0.25, -0.2) is 0 Å². The van der Waals surface area contributed by atoms with Crippen molar-refractivity contribution in [1.29, 1.82) is 0 Å². The third kappa shape index (κ3) is 27.1. The Bertz CT molecular complexity index is 2740. The van der Waals surface area contributed by atoms with E-state index in [1.807, 2.05) is 0 Å². The molecule has 0 aromatic carbocycles. The third-order valence-corrected chi connectivity index (χ3v) is 46.2. The van der Waals surface area contributed by atoms with Crippen LogP contribution >= 0.6 is 0 Å². The summed E-state index contributed by atoms with van der Waals surface area (Å²) >= 11 is 0. The maximum atomic E-state index is 2.49. The van der Waals surface area contributed by atoms with E-state index in [1.54, 1.807) is 89.9 Å². The van der Waals surface area contributed by atoms with Crippen molar-refractivity contribution in [3.8, 4) is 0 Å². The van der Waals surface area contributed by atoms with Gasteiger partial charge in [-0.05, 0) is 446 Å². The molecule has 0 radical (unpaired) electrons. The molecule has 26 fully saturated rings. The third-order valence-electron chi connectivity index (χ3n) is 46.2. The molecule has 120 heavy (non-hydrogen) atoms. The molecule has 0 aromatic rings. The van der Waals surface area contributed by atoms with E-state index in [0.29, 0.717) is 27.1 Å².